The van der Waals surface area contributed by atoms with Gasteiger partial charge in [-0.3, -0.25) is 4.79 Å². The van der Waals surface area contributed by atoms with Gasteiger partial charge in [0.1, 0.15) is 0 Å². The Hall–Kier alpha value is -1.51. The topological polar surface area (TPSA) is 46.3 Å². The Labute approximate surface area is 78.2 Å². The van der Waals surface area contributed by atoms with Crippen LogP contribution in [0.2, 0.25) is 0 Å². The van der Waals surface area contributed by atoms with E-state index < -0.39 is 0 Å². The van der Waals surface area contributed by atoms with Crippen LogP contribution >= 0.6 is 0 Å². The number of hydrogen-bond donors (Lipinski definition) is 1. The molecule has 1 rings (SSSR count). The summed E-state index contributed by atoms with van der Waals surface area (Å²) in [6, 6.07) is 0. The first-order chi connectivity index (χ1) is 6.22. The van der Waals surface area contributed by atoms with Gasteiger partial charge in [-0.05, 0) is 24.3 Å². The Balaban J connectivity index is 2.39. The fourth-order valence-corrected chi connectivity index (χ4v) is 1.03. The molecule has 3 heteroatoms. The molecule has 0 saturated carbocycles. The van der Waals surface area contributed by atoms with E-state index in [1.807, 2.05) is 29.7 Å². The molecule has 0 aliphatic carbocycles. The third-order valence-electron chi connectivity index (χ3n) is 1.77. The second-order valence-electron chi connectivity index (χ2n) is 2.77. The summed E-state index contributed by atoms with van der Waals surface area (Å²) in [4.78, 5) is 12.4. The van der Waals surface area contributed by atoms with Gasteiger partial charge in [-0.15, -0.1) is 0 Å². The summed E-state index contributed by atoms with van der Waals surface area (Å²) in [5.74, 6) is -0.305. The first-order valence-corrected chi connectivity index (χ1v) is 4.10. The first kappa shape index (κ1) is 9.58. The summed E-state index contributed by atoms with van der Waals surface area (Å²) in [6.07, 6.45) is 9.72. The maximum absolute atomic E-state index is 10.5. The highest BCUT2D eigenvalue weighted by Gasteiger charge is 2.03. The van der Waals surface area contributed by atoms with Crippen LogP contribution in [0.3, 0.4) is 0 Å². The zero-order valence-corrected chi connectivity index (χ0v) is 7.44. The molecule has 0 bridgehead atoms. The molecule has 0 unspecified atom stereocenters. The molecule has 2 N–H and O–H groups in total. The van der Waals surface area contributed by atoms with E-state index in [1.54, 1.807) is 6.20 Å². The highest BCUT2D eigenvalue weighted by atomic mass is 16.1. The van der Waals surface area contributed by atoms with E-state index in [2.05, 4.69) is 6.58 Å². The molecular weight excluding hydrogens is 164 g/mol. The van der Waals surface area contributed by atoms with Crippen molar-refractivity contribution in [3.63, 3.8) is 0 Å². The number of hydrogen-bond acceptors (Lipinski definition) is 2. The van der Waals surface area contributed by atoms with Crippen LogP contribution in [0.1, 0.15) is 6.42 Å². The molecule has 0 fully saturated rings. The third-order valence-corrected chi connectivity index (χ3v) is 1.77. The highest BCUT2D eigenvalue weighted by Crippen LogP contribution is 2.11. The van der Waals surface area contributed by atoms with Crippen LogP contribution in [0.4, 0.5) is 0 Å². The molecule has 1 aliphatic rings. The molecule has 1 amide bonds. The molecular formula is C10H13N2O. The van der Waals surface area contributed by atoms with Gasteiger partial charge in [0.25, 0.3) is 0 Å². The minimum Gasteiger partial charge on any atom is -0.370 e. The van der Waals surface area contributed by atoms with Crippen molar-refractivity contribution in [3.8, 4) is 0 Å². The molecule has 13 heavy (non-hydrogen) atoms. The zero-order chi connectivity index (χ0) is 9.68. The van der Waals surface area contributed by atoms with Crippen LogP contribution in [0.25, 0.3) is 0 Å². The van der Waals surface area contributed by atoms with Crippen molar-refractivity contribution in [3.05, 3.63) is 43.1 Å². The third kappa shape index (κ3) is 3.15. The van der Waals surface area contributed by atoms with Crippen LogP contribution in [0.15, 0.2) is 36.7 Å². The van der Waals surface area contributed by atoms with Gasteiger partial charge in [0.2, 0.25) is 5.91 Å². The largest absolute Gasteiger partial charge is 0.370 e. The molecule has 0 aromatic rings. The Morgan fingerprint density at radius 2 is 2.54 bits per heavy atom. The van der Waals surface area contributed by atoms with E-state index in [1.165, 1.54) is 0 Å². The van der Waals surface area contributed by atoms with Crippen molar-refractivity contribution in [1.82, 2.24) is 4.90 Å². The van der Waals surface area contributed by atoms with E-state index in [0.717, 1.165) is 12.1 Å². The molecule has 0 atom stereocenters. The lowest BCUT2D eigenvalue weighted by atomic mass is 10.1. The second kappa shape index (κ2) is 4.50. The van der Waals surface area contributed by atoms with Crippen molar-refractivity contribution in [1.29, 1.82) is 0 Å². The van der Waals surface area contributed by atoms with Crippen LogP contribution < -0.4 is 5.73 Å². The van der Waals surface area contributed by atoms with Crippen LogP contribution in [-0.4, -0.2) is 17.4 Å². The molecule has 1 radical (unpaired) electrons. The lowest BCUT2D eigenvalue weighted by Gasteiger charge is -2.17. The monoisotopic (exact) mass is 177 g/mol. The molecule has 69 valence electrons. The average Bonchev–Trinajstić information content (AvgIpc) is 2.15. The molecule has 1 aliphatic heterocycles. The van der Waals surface area contributed by atoms with Gasteiger partial charge in [-0.1, -0.05) is 12.7 Å². The van der Waals surface area contributed by atoms with Gasteiger partial charge in [-0.2, -0.15) is 0 Å². The molecule has 0 saturated heterocycles. The Morgan fingerprint density at radius 3 is 3.00 bits per heavy atom. The SMILES string of the molecule is C=CN1C=CC([CH]CC(N)=O)=CC1. The summed E-state index contributed by atoms with van der Waals surface area (Å²) >= 11 is 0. The van der Waals surface area contributed by atoms with Gasteiger partial charge in [-0.25, -0.2) is 0 Å². The molecule has 0 aromatic carbocycles. The van der Waals surface area contributed by atoms with Gasteiger partial charge in [0, 0.05) is 19.2 Å². The summed E-state index contributed by atoms with van der Waals surface area (Å²) in [5.41, 5.74) is 6.05. The smallest absolute Gasteiger partial charge is 0.218 e. The van der Waals surface area contributed by atoms with E-state index in [0.29, 0.717) is 6.42 Å². The van der Waals surface area contributed by atoms with E-state index in [4.69, 9.17) is 5.73 Å². The molecule has 0 spiro atoms. The number of amides is 1. The molecule has 3 nitrogen and oxygen atoms in total. The number of allylic oxidation sites excluding steroid dienone is 2. The maximum Gasteiger partial charge on any atom is 0.218 e. The van der Waals surface area contributed by atoms with Crippen molar-refractivity contribution in [2.75, 3.05) is 6.54 Å². The first-order valence-electron chi connectivity index (χ1n) is 4.10. The van der Waals surface area contributed by atoms with Crippen molar-refractivity contribution in [2.24, 2.45) is 5.73 Å². The minimum absolute atomic E-state index is 0.296. The number of nitrogens with zero attached hydrogens (tertiary/aromatic N) is 1. The quantitative estimate of drug-likeness (QED) is 0.695. The minimum atomic E-state index is -0.305. The number of nitrogens with two attached hydrogens (primary N) is 1. The summed E-state index contributed by atoms with van der Waals surface area (Å²) in [5, 5.41) is 0. The standard InChI is InChI=1S/C10H13N2O/c1-2-12-7-5-9(6-8-12)3-4-10(11)13/h2-3,5-7H,1,4,8H2,(H2,11,13). The maximum atomic E-state index is 10.5. The van der Waals surface area contributed by atoms with Gasteiger partial charge >= 0.3 is 0 Å². The predicted octanol–water partition coefficient (Wildman–Crippen LogP) is 0.965. The van der Waals surface area contributed by atoms with Crippen LogP contribution in [-0.2, 0) is 4.79 Å². The predicted molar refractivity (Wildman–Crippen MR) is 52.2 cm³/mol. The van der Waals surface area contributed by atoms with Crippen LogP contribution in [0, 0.1) is 6.42 Å². The lowest BCUT2D eigenvalue weighted by Crippen LogP contribution is -2.14. The zero-order valence-electron chi connectivity index (χ0n) is 7.44. The van der Waals surface area contributed by atoms with Crippen molar-refractivity contribution >= 4 is 5.91 Å². The number of carbonyl (C=O) groups excluding carboxylic acids is 1. The van der Waals surface area contributed by atoms with Gasteiger partial charge < -0.3 is 10.6 Å². The molecule has 1 heterocycles. The van der Waals surface area contributed by atoms with E-state index in [-0.39, 0.29) is 5.91 Å². The van der Waals surface area contributed by atoms with Gasteiger partial charge in [0.15, 0.2) is 0 Å². The summed E-state index contributed by atoms with van der Waals surface area (Å²) in [6.45, 7) is 4.44. The van der Waals surface area contributed by atoms with Crippen molar-refractivity contribution < 1.29 is 4.79 Å². The van der Waals surface area contributed by atoms with Gasteiger partial charge in [0.05, 0.1) is 0 Å². The number of rotatable bonds is 4. The lowest BCUT2D eigenvalue weighted by molar-refractivity contribution is -0.117. The average molecular weight is 177 g/mol. The van der Waals surface area contributed by atoms with Crippen LogP contribution in [0.5, 0.6) is 0 Å². The number of carbonyl (C=O) groups is 1. The number of primary amides is 1. The van der Waals surface area contributed by atoms with Crippen molar-refractivity contribution in [2.45, 2.75) is 6.42 Å². The summed E-state index contributed by atoms with van der Waals surface area (Å²) in [7, 11) is 0. The van der Waals surface area contributed by atoms with E-state index in [9.17, 15) is 4.79 Å². The fraction of sp³-hybridized carbons (Fsp3) is 0.200. The normalized spacial score (nSPS) is 15.4. The fourth-order valence-electron chi connectivity index (χ4n) is 1.03. The summed E-state index contributed by atoms with van der Waals surface area (Å²) < 4.78 is 0. The Morgan fingerprint density at radius 1 is 1.77 bits per heavy atom. The Bertz CT molecular complexity index is 266. The van der Waals surface area contributed by atoms with E-state index >= 15 is 0 Å². The second-order valence-corrected chi connectivity index (χ2v) is 2.77. The Kier molecular flexibility index (Phi) is 3.31. The highest BCUT2D eigenvalue weighted by molar-refractivity contribution is 5.75. The molecule has 0 aromatic heterocycles.